The molecule has 3 N–H and O–H groups in total. The first kappa shape index (κ1) is 11.4. The van der Waals surface area contributed by atoms with E-state index < -0.39 is 0 Å². The summed E-state index contributed by atoms with van der Waals surface area (Å²) < 4.78 is 5.24. The van der Waals surface area contributed by atoms with E-state index in [9.17, 15) is 0 Å². The number of ether oxygens (including phenoxy) is 1. The van der Waals surface area contributed by atoms with E-state index in [-0.39, 0.29) is 0 Å². The van der Waals surface area contributed by atoms with Crippen molar-refractivity contribution in [3.05, 3.63) is 29.8 Å². The van der Waals surface area contributed by atoms with E-state index in [2.05, 4.69) is 24.4 Å². The molecular weight excluding hydrogens is 200 g/mol. The van der Waals surface area contributed by atoms with Gasteiger partial charge in [-0.3, -0.25) is 0 Å². The van der Waals surface area contributed by atoms with Gasteiger partial charge in [0.05, 0.1) is 7.11 Å². The molecule has 1 aromatic rings. The third-order valence-electron chi connectivity index (χ3n) is 3.18. The zero-order chi connectivity index (χ0) is 11.5. The van der Waals surface area contributed by atoms with Gasteiger partial charge in [-0.25, -0.2) is 0 Å². The van der Waals surface area contributed by atoms with Crippen LogP contribution in [0.3, 0.4) is 0 Å². The molecule has 88 valence electrons. The number of hydrogen-bond donors (Lipinski definition) is 2. The highest BCUT2D eigenvalue weighted by atomic mass is 16.5. The maximum Gasteiger partial charge on any atom is 0.119 e. The summed E-state index contributed by atoms with van der Waals surface area (Å²) in [4.78, 5) is 0. The second kappa shape index (κ2) is 4.85. The molecule has 3 atom stereocenters. The standard InChI is InChI=1S/C13H20N2O/c1-9-6-11(14)8-13(15-9)10-4-3-5-12(7-10)16-2/h3-5,7,9,11,13,15H,6,8,14H2,1-2H3/t9-,11+,13-/m0/s1. The van der Waals surface area contributed by atoms with Gasteiger partial charge in [0.25, 0.3) is 0 Å². The molecule has 0 saturated carbocycles. The van der Waals surface area contributed by atoms with Gasteiger partial charge in [0.1, 0.15) is 5.75 Å². The van der Waals surface area contributed by atoms with Crippen LogP contribution in [0.5, 0.6) is 5.75 Å². The maximum atomic E-state index is 6.05. The Balaban J connectivity index is 2.16. The molecule has 0 aliphatic carbocycles. The zero-order valence-corrected chi connectivity index (χ0v) is 9.94. The summed E-state index contributed by atoms with van der Waals surface area (Å²) >= 11 is 0. The largest absolute Gasteiger partial charge is 0.497 e. The van der Waals surface area contributed by atoms with Crippen molar-refractivity contribution in [2.24, 2.45) is 5.73 Å². The fourth-order valence-corrected chi connectivity index (χ4v) is 2.42. The van der Waals surface area contributed by atoms with Crippen LogP contribution in [0, 0.1) is 0 Å². The number of benzene rings is 1. The van der Waals surface area contributed by atoms with Gasteiger partial charge in [-0.1, -0.05) is 12.1 Å². The topological polar surface area (TPSA) is 47.3 Å². The highest BCUT2D eigenvalue weighted by Crippen LogP contribution is 2.27. The molecule has 1 aromatic carbocycles. The molecule has 0 aromatic heterocycles. The van der Waals surface area contributed by atoms with Crippen molar-refractivity contribution in [2.45, 2.75) is 37.9 Å². The Morgan fingerprint density at radius 2 is 2.19 bits per heavy atom. The maximum absolute atomic E-state index is 6.05. The number of piperidine rings is 1. The van der Waals surface area contributed by atoms with Crippen molar-refractivity contribution in [1.82, 2.24) is 5.32 Å². The molecule has 1 aliphatic rings. The Labute approximate surface area is 97.0 Å². The van der Waals surface area contributed by atoms with Crippen molar-refractivity contribution >= 4 is 0 Å². The fourth-order valence-electron chi connectivity index (χ4n) is 2.42. The molecule has 1 fully saturated rings. The number of nitrogens with two attached hydrogens (primary N) is 1. The summed E-state index contributed by atoms with van der Waals surface area (Å²) in [5.41, 5.74) is 7.32. The monoisotopic (exact) mass is 220 g/mol. The molecule has 1 aliphatic heterocycles. The molecule has 1 heterocycles. The highest BCUT2D eigenvalue weighted by Gasteiger charge is 2.24. The SMILES string of the molecule is COc1cccc([C@@H]2C[C@H](N)C[C@H](C)N2)c1. The van der Waals surface area contributed by atoms with E-state index in [1.165, 1.54) is 5.56 Å². The van der Waals surface area contributed by atoms with Gasteiger partial charge < -0.3 is 15.8 Å². The zero-order valence-electron chi connectivity index (χ0n) is 9.94. The van der Waals surface area contributed by atoms with E-state index in [4.69, 9.17) is 10.5 Å². The molecular formula is C13H20N2O. The molecule has 3 nitrogen and oxygen atoms in total. The lowest BCUT2D eigenvalue weighted by Crippen LogP contribution is -2.44. The molecule has 16 heavy (non-hydrogen) atoms. The first-order valence-electron chi connectivity index (χ1n) is 5.84. The van der Waals surface area contributed by atoms with E-state index >= 15 is 0 Å². The van der Waals surface area contributed by atoms with Crippen LogP contribution in [-0.2, 0) is 0 Å². The van der Waals surface area contributed by atoms with E-state index in [0.29, 0.717) is 18.1 Å². The molecule has 1 saturated heterocycles. The van der Waals surface area contributed by atoms with Crippen molar-refractivity contribution in [3.63, 3.8) is 0 Å². The minimum atomic E-state index is 0.299. The third kappa shape index (κ3) is 2.54. The summed E-state index contributed by atoms with van der Waals surface area (Å²) in [6, 6.07) is 9.35. The van der Waals surface area contributed by atoms with Gasteiger partial charge in [-0.15, -0.1) is 0 Å². The van der Waals surface area contributed by atoms with Crippen LogP contribution in [0.15, 0.2) is 24.3 Å². The van der Waals surface area contributed by atoms with Gasteiger partial charge in [-0.05, 0) is 37.5 Å². The van der Waals surface area contributed by atoms with Crippen LogP contribution in [0.2, 0.25) is 0 Å². The Hall–Kier alpha value is -1.06. The van der Waals surface area contributed by atoms with Crippen LogP contribution in [0.1, 0.15) is 31.4 Å². The molecule has 3 heteroatoms. The Morgan fingerprint density at radius 1 is 1.38 bits per heavy atom. The molecule has 0 radical (unpaired) electrons. The lowest BCUT2D eigenvalue weighted by Gasteiger charge is -2.33. The Bertz CT molecular complexity index is 344. The second-order valence-electron chi connectivity index (χ2n) is 4.63. The van der Waals surface area contributed by atoms with Crippen LogP contribution >= 0.6 is 0 Å². The van der Waals surface area contributed by atoms with E-state index in [1.54, 1.807) is 7.11 Å². The van der Waals surface area contributed by atoms with Crippen LogP contribution in [0.4, 0.5) is 0 Å². The predicted molar refractivity (Wildman–Crippen MR) is 65.5 cm³/mol. The average Bonchev–Trinajstić information content (AvgIpc) is 2.28. The number of nitrogens with one attached hydrogen (secondary N) is 1. The van der Waals surface area contributed by atoms with E-state index in [1.807, 2.05) is 12.1 Å². The fraction of sp³-hybridized carbons (Fsp3) is 0.538. The molecule has 2 rings (SSSR count). The van der Waals surface area contributed by atoms with Crippen LogP contribution in [0.25, 0.3) is 0 Å². The number of rotatable bonds is 2. The van der Waals surface area contributed by atoms with Crippen molar-refractivity contribution in [3.8, 4) is 5.75 Å². The lowest BCUT2D eigenvalue weighted by atomic mass is 9.91. The van der Waals surface area contributed by atoms with Crippen molar-refractivity contribution < 1.29 is 4.74 Å². The Morgan fingerprint density at radius 3 is 2.88 bits per heavy atom. The number of hydrogen-bond acceptors (Lipinski definition) is 3. The lowest BCUT2D eigenvalue weighted by molar-refractivity contribution is 0.306. The smallest absolute Gasteiger partial charge is 0.119 e. The van der Waals surface area contributed by atoms with Crippen molar-refractivity contribution in [1.29, 1.82) is 0 Å². The predicted octanol–water partition coefficient (Wildman–Crippen LogP) is 1.84. The Kier molecular flexibility index (Phi) is 3.46. The molecule has 0 amide bonds. The number of methoxy groups -OCH3 is 1. The summed E-state index contributed by atoms with van der Waals surface area (Å²) in [5, 5.41) is 3.58. The highest BCUT2D eigenvalue weighted by molar-refractivity contribution is 5.31. The van der Waals surface area contributed by atoms with E-state index in [0.717, 1.165) is 18.6 Å². The summed E-state index contributed by atoms with van der Waals surface area (Å²) in [7, 11) is 1.70. The molecule has 0 bridgehead atoms. The van der Waals surface area contributed by atoms with Gasteiger partial charge in [0.15, 0.2) is 0 Å². The van der Waals surface area contributed by atoms with Gasteiger partial charge in [-0.2, -0.15) is 0 Å². The molecule has 0 unspecified atom stereocenters. The van der Waals surface area contributed by atoms with Crippen LogP contribution in [-0.4, -0.2) is 19.2 Å². The van der Waals surface area contributed by atoms with Gasteiger partial charge >= 0.3 is 0 Å². The normalized spacial score (nSPS) is 30.1. The van der Waals surface area contributed by atoms with Gasteiger partial charge in [0, 0.05) is 18.1 Å². The minimum absolute atomic E-state index is 0.299. The first-order chi connectivity index (χ1) is 7.69. The van der Waals surface area contributed by atoms with Crippen molar-refractivity contribution in [2.75, 3.05) is 7.11 Å². The summed E-state index contributed by atoms with van der Waals surface area (Å²) in [6.07, 6.45) is 2.05. The summed E-state index contributed by atoms with van der Waals surface area (Å²) in [5.74, 6) is 0.908. The molecule has 0 spiro atoms. The third-order valence-corrected chi connectivity index (χ3v) is 3.18. The minimum Gasteiger partial charge on any atom is -0.497 e. The van der Waals surface area contributed by atoms with Crippen LogP contribution < -0.4 is 15.8 Å². The second-order valence-corrected chi connectivity index (χ2v) is 4.63. The summed E-state index contributed by atoms with van der Waals surface area (Å²) in [6.45, 7) is 2.19. The van der Waals surface area contributed by atoms with Gasteiger partial charge in [0.2, 0.25) is 0 Å². The first-order valence-corrected chi connectivity index (χ1v) is 5.84. The quantitative estimate of drug-likeness (QED) is 0.799. The average molecular weight is 220 g/mol.